The quantitative estimate of drug-likeness (QED) is 0.174. The number of benzene rings is 2. The van der Waals surface area contributed by atoms with Crippen LogP contribution in [0.15, 0.2) is 111 Å². The zero-order chi connectivity index (χ0) is 24.5. The zero-order valence-electron chi connectivity index (χ0n) is 18.5. The van der Waals surface area contributed by atoms with Gasteiger partial charge >= 0.3 is 0 Å². The minimum Gasteiger partial charge on any atom is -0.513 e. The molecule has 0 spiro atoms. The summed E-state index contributed by atoms with van der Waals surface area (Å²) in [6.07, 6.45) is 1.04. The number of aliphatic hydroxyl groups is 2. The molecule has 9 nitrogen and oxygen atoms in total. The van der Waals surface area contributed by atoms with E-state index < -0.39 is 11.6 Å². The predicted molar refractivity (Wildman–Crippen MR) is 126 cm³/mol. The number of carbonyl (C=O) groups is 2. The van der Waals surface area contributed by atoms with Crippen LogP contribution in [0.1, 0.15) is 32.1 Å². The summed E-state index contributed by atoms with van der Waals surface area (Å²) in [5.74, 6) is -1.49. The summed E-state index contributed by atoms with van der Waals surface area (Å²) in [5, 5.41) is 34.4. The van der Waals surface area contributed by atoms with E-state index in [0.717, 1.165) is 11.1 Å². The van der Waals surface area contributed by atoms with Gasteiger partial charge in [-0.15, -0.1) is 10.2 Å². The van der Waals surface area contributed by atoms with Gasteiger partial charge in [0.15, 0.2) is 11.4 Å². The molecule has 3 rings (SSSR count). The van der Waals surface area contributed by atoms with Gasteiger partial charge in [0.25, 0.3) is 0 Å². The molecular formula is C25H21N5O4. The van der Waals surface area contributed by atoms with E-state index in [-0.39, 0.29) is 22.8 Å². The van der Waals surface area contributed by atoms with E-state index in [9.17, 15) is 19.8 Å². The largest absolute Gasteiger partial charge is 0.513 e. The second-order valence-electron chi connectivity index (χ2n) is 7.17. The van der Waals surface area contributed by atoms with Gasteiger partial charge in [-0.25, -0.2) is 4.98 Å². The van der Waals surface area contributed by atoms with Crippen LogP contribution in [0.5, 0.6) is 0 Å². The second kappa shape index (κ2) is 11.2. The van der Waals surface area contributed by atoms with Crippen molar-refractivity contribution in [2.24, 2.45) is 20.5 Å². The van der Waals surface area contributed by atoms with E-state index in [0.29, 0.717) is 23.9 Å². The van der Waals surface area contributed by atoms with Crippen LogP contribution in [-0.2, 0) is 0 Å². The third-order valence-corrected chi connectivity index (χ3v) is 4.54. The Labute approximate surface area is 195 Å². The zero-order valence-corrected chi connectivity index (χ0v) is 18.5. The molecule has 0 aliphatic rings. The van der Waals surface area contributed by atoms with E-state index in [4.69, 9.17) is 0 Å². The lowest BCUT2D eigenvalue weighted by atomic mass is 10.1. The van der Waals surface area contributed by atoms with Crippen LogP contribution in [0, 0.1) is 13.8 Å². The molecule has 2 N–H and O–H groups in total. The average Bonchev–Trinajstić information content (AvgIpc) is 2.86. The smallest absolute Gasteiger partial charge is 0.234 e. The Balaban J connectivity index is 1.79. The second-order valence-corrected chi connectivity index (χ2v) is 7.17. The number of allylic oxidation sites excluding steroid dienone is 2. The Morgan fingerprint density at radius 1 is 0.676 bits per heavy atom. The van der Waals surface area contributed by atoms with Crippen molar-refractivity contribution in [1.29, 1.82) is 0 Å². The molecule has 0 atom stereocenters. The predicted octanol–water partition coefficient (Wildman–Crippen LogP) is 6.43. The Morgan fingerprint density at radius 3 is 1.41 bits per heavy atom. The maximum atomic E-state index is 12.7. The van der Waals surface area contributed by atoms with Gasteiger partial charge in [0.05, 0.1) is 11.4 Å². The number of aryl methyl sites for hydroxylation is 2. The molecule has 9 heteroatoms. The molecule has 0 amide bonds. The lowest BCUT2D eigenvalue weighted by Crippen LogP contribution is -2.10. The third kappa shape index (κ3) is 6.13. The summed E-state index contributed by atoms with van der Waals surface area (Å²) in [4.78, 5) is 29.5. The highest BCUT2D eigenvalue weighted by Gasteiger charge is 2.19. The molecule has 0 unspecified atom stereocenters. The Hall–Kier alpha value is -4.79. The number of azo groups is 2. The molecule has 170 valence electrons. The van der Waals surface area contributed by atoms with Gasteiger partial charge in [0.1, 0.15) is 23.9 Å². The van der Waals surface area contributed by atoms with Gasteiger partial charge in [-0.05, 0) is 50.2 Å². The molecule has 1 heterocycles. The van der Waals surface area contributed by atoms with Crippen molar-refractivity contribution in [2.45, 2.75) is 13.8 Å². The molecular weight excluding hydrogens is 434 g/mol. The first kappa shape index (κ1) is 23.9. The molecule has 0 aliphatic heterocycles. The van der Waals surface area contributed by atoms with Crippen LogP contribution < -0.4 is 0 Å². The van der Waals surface area contributed by atoms with Crippen LogP contribution in [0.2, 0.25) is 0 Å². The first-order valence-corrected chi connectivity index (χ1v) is 10.1. The fraction of sp³-hybridized carbons (Fsp3) is 0.0800. The van der Waals surface area contributed by atoms with Gasteiger partial charge in [-0.3, -0.25) is 9.59 Å². The molecule has 1 aromatic heterocycles. The molecule has 34 heavy (non-hydrogen) atoms. The van der Waals surface area contributed by atoms with Crippen LogP contribution in [0.25, 0.3) is 0 Å². The Morgan fingerprint density at radius 2 is 1.06 bits per heavy atom. The van der Waals surface area contributed by atoms with E-state index >= 15 is 0 Å². The van der Waals surface area contributed by atoms with Crippen molar-refractivity contribution in [3.63, 3.8) is 0 Å². The number of ketones is 2. The molecule has 0 bridgehead atoms. The van der Waals surface area contributed by atoms with Crippen molar-refractivity contribution in [2.75, 3.05) is 0 Å². The lowest BCUT2D eigenvalue weighted by Gasteiger charge is -2.03. The van der Waals surface area contributed by atoms with Gasteiger partial charge in [0, 0.05) is 0 Å². The fourth-order valence-corrected chi connectivity index (χ4v) is 2.66. The van der Waals surface area contributed by atoms with Crippen molar-refractivity contribution < 1.29 is 19.8 Å². The highest BCUT2D eigenvalue weighted by Crippen LogP contribution is 2.18. The summed E-state index contributed by atoms with van der Waals surface area (Å²) in [7, 11) is 0. The van der Waals surface area contributed by atoms with Crippen LogP contribution >= 0.6 is 0 Å². The van der Waals surface area contributed by atoms with Crippen LogP contribution in [0.4, 0.5) is 11.4 Å². The fourth-order valence-electron chi connectivity index (χ4n) is 2.66. The molecule has 0 saturated carbocycles. The summed E-state index contributed by atoms with van der Waals surface area (Å²) in [5.41, 5.74) is 2.02. The summed E-state index contributed by atoms with van der Waals surface area (Å²) in [6.45, 7) is 3.84. The third-order valence-electron chi connectivity index (χ3n) is 4.54. The molecule has 3 aromatic rings. The summed E-state index contributed by atoms with van der Waals surface area (Å²) >= 11 is 0. The average molecular weight is 455 g/mol. The molecule has 0 saturated heterocycles. The van der Waals surface area contributed by atoms with E-state index in [1.165, 1.54) is 18.2 Å². The monoisotopic (exact) mass is 455 g/mol. The number of pyridine rings is 1. The topological polar surface area (TPSA) is 137 Å². The molecule has 0 aliphatic carbocycles. The number of hydrogen-bond acceptors (Lipinski definition) is 9. The first-order chi connectivity index (χ1) is 16.4. The van der Waals surface area contributed by atoms with Gasteiger partial charge in [0.2, 0.25) is 11.6 Å². The number of hydrogen-bond donors (Lipinski definition) is 2. The first-order valence-electron chi connectivity index (χ1n) is 10.1. The standard InChI is InChI=1S/C25H21N5O4/c1-16-6-10-18(11-7-16)27-29-22(14-31)24(33)20-4-3-5-21(26-20)25(34)23(15-32)30-28-19-12-8-17(2)9-13-19/h3-15,31-32H,1-2H3/b22-14-,23-15-,29-27?,30-28?. The maximum Gasteiger partial charge on any atom is 0.234 e. The van der Waals surface area contributed by atoms with E-state index in [2.05, 4.69) is 25.4 Å². The summed E-state index contributed by atoms with van der Waals surface area (Å²) in [6, 6.07) is 18.3. The highest BCUT2D eigenvalue weighted by atomic mass is 16.2. The van der Waals surface area contributed by atoms with Crippen molar-refractivity contribution in [3.05, 3.63) is 113 Å². The van der Waals surface area contributed by atoms with Crippen molar-refractivity contribution >= 4 is 22.9 Å². The van der Waals surface area contributed by atoms with E-state index in [1.54, 1.807) is 24.3 Å². The number of aromatic nitrogens is 1. The number of Topliss-reactive ketones (excluding diaryl/α,β-unsaturated/α-hetero) is 2. The molecule has 0 fully saturated rings. The van der Waals surface area contributed by atoms with Crippen molar-refractivity contribution in [1.82, 2.24) is 4.98 Å². The van der Waals surface area contributed by atoms with Crippen LogP contribution in [0.3, 0.4) is 0 Å². The highest BCUT2D eigenvalue weighted by molar-refractivity contribution is 6.10. The Kier molecular flexibility index (Phi) is 7.85. The van der Waals surface area contributed by atoms with Crippen molar-refractivity contribution in [3.8, 4) is 0 Å². The van der Waals surface area contributed by atoms with Gasteiger partial charge < -0.3 is 10.2 Å². The maximum absolute atomic E-state index is 12.7. The van der Waals surface area contributed by atoms with Gasteiger partial charge in [-0.1, -0.05) is 41.5 Å². The number of carbonyl (C=O) groups excluding carboxylic acids is 2. The van der Waals surface area contributed by atoms with E-state index in [1.807, 2.05) is 38.1 Å². The molecule has 2 aromatic carbocycles. The number of aliphatic hydroxyl groups excluding tert-OH is 2. The van der Waals surface area contributed by atoms with Crippen LogP contribution in [-0.4, -0.2) is 26.8 Å². The van der Waals surface area contributed by atoms with Gasteiger partial charge in [-0.2, -0.15) is 10.2 Å². The number of rotatable bonds is 8. The minimum atomic E-state index is -0.746. The SMILES string of the molecule is Cc1ccc(N=N/C(=C\O)C(=O)c2cccc(C(=O)/C(=C/O)N=Nc3ccc(C)cc3)n2)cc1. The minimum absolute atomic E-state index is 0.151. The molecule has 0 radical (unpaired) electrons. The Bertz CT molecular complexity index is 1210. The summed E-state index contributed by atoms with van der Waals surface area (Å²) < 4.78 is 0. The normalized spacial score (nSPS) is 12.4. The lowest BCUT2D eigenvalue weighted by molar-refractivity contribution is 0.102. The number of nitrogens with zero attached hydrogens (tertiary/aromatic N) is 5.